The van der Waals surface area contributed by atoms with Crippen molar-refractivity contribution in [3.05, 3.63) is 28.2 Å². The number of rotatable bonds is 1. The SMILES string of the molecule is CSC(=Nc1ccc(C(C)(C)C)cc1Br)NC#N. The molecule has 0 saturated carbocycles. The van der Waals surface area contributed by atoms with Crippen molar-refractivity contribution in [2.24, 2.45) is 4.99 Å². The summed E-state index contributed by atoms with van der Waals surface area (Å²) in [7, 11) is 0. The molecule has 0 saturated heterocycles. The Hall–Kier alpha value is -0.990. The molecule has 5 heteroatoms. The molecule has 0 aliphatic rings. The van der Waals surface area contributed by atoms with Crippen LogP contribution >= 0.6 is 27.7 Å². The third kappa shape index (κ3) is 4.04. The van der Waals surface area contributed by atoms with Crippen LogP contribution in [0.4, 0.5) is 5.69 Å². The Bertz CT molecular complexity index is 498. The van der Waals surface area contributed by atoms with Gasteiger partial charge in [-0.2, -0.15) is 5.26 Å². The zero-order valence-electron chi connectivity index (χ0n) is 10.9. The molecule has 0 spiro atoms. The Labute approximate surface area is 121 Å². The van der Waals surface area contributed by atoms with Gasteiger partial charge in [0.1, 0.15) is 0 Å². The molecule has 0 aromatic heterocycles. The molecule has 0 amide bonds. The minimum atomic E-state index is 0.109. The van der Waals surface area contributed by atoms with E-state index in [0.29, 0.717) is 5.17 Å². The molecular formula is C13H16BrN3S. The summed E-state index contributed by atoms with van der Waals surface area (Å²) in [6, 6.07) is 6.09. The first-order valence-electron chi connectivity index (χ1n) is 5.46. The number of nitriles is 1. The van der Waals surface area contributed by atoms with E-state index in [0.717, 1.165) is 10.2 Å². The number of halogens is 1. The summed E-state index contributed by atoms with van der Waals surface area (Å²) in [5.41, 5.74) is 2.17. The van der Waals surface area contributed by atoms with E-state index in [-0.39, 0.29) is 5.41 Å². The second kappa shape index (κ2) is 6.26. The molecule has 0 aliphatic heterocycles. The Kier molecular flexibility index (Phi) is 5.24. The van der Waals surface area contributed by atoms with Gasteiger partial charge in [-0.1, -0.05) is 38.6 Å². The Morgan fingerprint density at radius 3 is 2.56 bits per heavy atom. The van der Waals surface area contributed by atoms with E-state index in [2.05, 4.69) is 59.1 Å². The van der Waals surface area contributed by atoms with Crippen LogP contribution in [0.15, 0.2) is 27.7 Å². The first-order chi connectivity index (χ1) is 8.38. The van der Waals surface area contributed by atoms with Gasteiger partial charge >= 0.3 is 0 Å². The van der Waals surface area contributed by atoms with Gasteiger partial charge in [0, 0.05) is 4.47 Å². The van der Waals surface area contributed by atoms with Crippen molar-refractivity contribution in [1.29, 1.82) is 5.26 Å². The largest absolute Gasteiger partial charge is 0.271 e. The highest BCUT2D eigenvalue weighted by atomic mass is 79.9. The quantitative estimate of drug-likeness (QED) is 0.365. The van der Waals surface area contributed by atoms with Crippen LogP contribution < -0.4 is 5.32 Å². The number of amidine groups is 1. The lowest BCUT2D eigenvalue weighted by molar-refractivity contribution is 0.590. The molecule has 0 unspecified atom stereocenters. The normalized spacial score (nSPS) is 12.1. The molecule has 1 aromatic carbocycles. The maximum Gasteiger partial charge on any atom is 0.183 e. The molecular weight excluding hydrogens is 310 g/mol. The van der Waals surface area contributed by atoms with Crippen molar-refractivity contribution in [1.82, 2.24) is 5.32 Å². The minimum absolute atomic E-state index is 0.109. The van der Waals surface area contributed by atoms with Gasteiger partial charge in [-0.15, -0.1) is 0 Å². The fourth-order valence-corrected chi connectivity index (χ4v) is 2.15. The van der Waals surface area contributed by atoms with Gasteiger partial charge in [-0.25, -0.2) is 4.99 Å². The van der Waals surface area contributed by atoms with E-state index in [1.807, 2.05) is 18.5 Å². The second-order valence-electron chi connectivity index (χ2n) is 4.77. The van der Waals surface area contributed by atoms with Crippen LogP contribution in [-0.2, 0) is 5.41 Å². The summed E-state index contributed by atoms with van der Waals surface area (Å²) < 4.78 is 0.932. The third-order valence-electron chi connectivity index (χ3n) is 2.39. The number of thioether (sulfide) groups is 1. The first-order valence-corrected chi connectivity index (χ1v) is 7.48. The fourth-order valence-electron chi connectivity index (χ4n) is 1.35. The Balaban J connectivity index is 3.11. The van der Waals surface area contributed by atoms with Gasteiger partial charge in [0.2, 0.25) is 0 Å². The predicted octanol–water partition coefficient (Wildman–Crippen LogP) is 4.17. The van der Waals surface area contributed by atoms with E-state index in [1.54, 1.807) is 0 Å². The van der Waals surface area contributed by atoms with Crippen LogP contribution in [0, 0.1) is 11.5 Å². The number of hydrogen-bond donors (Lipinski definition) is 1. The molecule has 18 heavy (non-hydrogen) atoms. The molecule has 0 aliphatic carbocycles. The van der Waals surface area contributed by atoms with E-state index in [1.165, 1.54) is 17.3 Å². The molecule has 0 atom stereocenters. The molecule has 0 radical (unpaired) electrons. The van der Waals surface area contributed by atoms with Crippen LogP contribution in [0.5, 0.6) is 0 Å². The maximum absolute atomic E-state index is 8.60. The van der Waals surface area contributed by atoms with E-state index in [4.69, 9.17) is 5.26 Å². The molecule has 1 rings (SSSR count). The monoisotopic (exact) mass is 325 g/mol. The van der Waals surface area contributed by atoms with Gasteiger partial charge in [0.25, 0.3) is 0 Å². The molecule has 0 fully saturated rings. The molecule has 1 N–H and O–H groups in total. The van der Waals surface area contributed by atoms with Crippen LogP contribution in [0.3, 0.4) is 0 Å². The average Bonchev–Trinajstić information content (AvgIpc) is 2.29. The highest BCUT2D eigenvalue weighted by Gasteiger charge is 2.14. The third-order valence-corrected chi connectivity index (χ3v) is 3.61. The standard InChI is InChI=1S/C13H16BrN3S/c1-13(2,3)9-5-6-11(10(14)7-9)17-12(18-4)16-8-15/h5-7H,1-4H3,(H,16,17). The van der Waals surface area contributed by atoms with Crippen molar-refractivity contribution < 1.29 is 0 Å². The smallest absolute Gasteiger partial charge is 0.183 e. The summed E-state index contributed by atoms with van der Waals surface area (Å²) in [5, 5.41) is 11.7. The summed E-state index contributed by atoms with van der Waals surface area (Å²) >= 11 is 4.92. The molecule has 1 aromatic rings. The van der Waals surface area contributed by atoms with Gasteiger partial charge < -0.3 is 0 Å². The van der Waals surface area contributed by atoms with Crippen molar-refractivity contribution in [3.8, 4) is 6.19 Å². The van der Waals surface area contributed by atoms with Crippen molar-refractivity contribution in [2.75, 3.05) is 6.26 Å². The van der Waals surface area contributed by atoms with Crippen LogP contribution in [0.1, 0.15) is 26.3 Å². The van der Waals surface area contributed by atoms with Crippen LogP contribution in [-0.4, -0.2) is 11.4 Å². The Morgan fingerprint density at radius 1 is 1.44 bits per heavy atom. The average molecular weight is 326 g/mol. The zero-order valence-corrected chi connectivity index (χ0v) is 13.3. The highest BCUT2D eigenvalue weighted by molar-refractivity contribution is 9.10. The van der Waals surface area contributed by atoms with Gasteiger partial charge in [0.15, 0.2) is 11.4 Å². The van der Waals surface area contributed by atoms with Gasteiger partial charge in [-0.05, 0) is 45.3 Å². The van der Waals surface area contributed by atoms with Crippen LogP contribution in [0.2, 0.25) is 0 Å². The summed E-state index contributed by atoms with van der Waals surface area (Å²) in [4.78, 5) is 4.39. The Morgan fingerprint density at radius 2 is 2.11 bits per heavy atom. The van der Waals surface area contributed by atoms with E-state index in [9.17, 15) is 0 Å². The molecule has 0 heterocycles. The lowest BCUT2D eigenvalue weighted by atomic mass is 9.87. The summed E-state index contributed by atoms with van der Waals surface area (Å²) in [6.45, 7) is 6.51. The van der Waals surface area contributed by atoms with E-state index >= 15 is 0 Å². The molecule has 3 nitrogen and oxygen atoms in total. The number of aliphatic imine (C=N–C) groups is 1. The highest BCUT2D eigenvalue weighted by Crippen LogP contribution is 2.32. The van der Waals surface area contributed by atoms with Crippen molar-refractivity contribution in [2.45, 2.75) is 26.2 Å². The number of hydrogen-bond acceptors (Lipinski definition) is 3. The summed E-state index contributed by atoms with van der Waals surface area (Å²) in [6.07, 6.45) is 3.75. The number of nitrogens with one attached hydrogen (secondary N) is 1. The molecule has 96 valence electrons. The summed E-state index contributed by atoms with van der Waals surface area (Å²) in [5.74, 6) is 0. The lowest BCUT2D eigenvalue weighted by Gasteiger charge is -2.19. The van der Waals surface area contributed by atoms with Gasteiger partial charge in [-0.3, -0.25) is 5.32 Å². The maximum atomic E-state index is 8.60. The van der Waals surface area contributed by atoms with E-state index < -0.39 is 0 Å². The molecule has 0 bridgehead atoms. The topological polar surface area (TPSA) is 48.2 Å². The zero-order chi connectivity index (χ0) is 13.8. The number of benzene rings is 1. The first kappa shape index (κ1) is 15.1. The number of nitrogens with zero attached hydrogens (tertiary/aromatic N) is 2. The predicted molar refractivity (Wildman–Crippen MR) is 82.2 cm³/mol. The van der Waals surface area contributed by atoms with Crippen molar-refractivity contribution in [3.63, 3.8) is 0 Å². The van der Waals surface area contributed by atoms with Crippen LogP contribution in [0.25, 0.3) is 0 Å². The second-order valence-corrected chi connectivity index (χ2v) is 6.42. The lowest BCUT2D eigenvalue weighted by Crippen LogP contribution is -2.13. The van der Waals surface area contributed by atoms with Gasteiger partial charge in [0.05, 0.1) is 5.69 Å². The fraction of sp³-hybridized carbons (Fsp3) is 0.385. The minimum Gasteiger partial charge on any atom is -0.271 e. The van der Waals surface area contributed by atoms with Crippen molar-refractivity contribution >= 4 is 38.5 Å².